The van der Waals surface area contributed by atoms with E-state index in [1.165, 1.54) is 12.1 Å². The molecule has 1 aliphatic rings. The van der Waals surface area contributed by atoms with E-state index in [0.29, 0.717) is 18.9 Å². The van der Waals surface area contributed by atoms with E-state index in [-0.39, 0.29) is 29.1 Å². The molecule has 0 aromatic heterocycles. The summed E-state index contributed by atoms with van der Waals surface area (Å²) in [5, 5.41) is 2.72. The Kier molecular flexibility index (Phi) is 8.04. The number of carbonyl (C=O) groups is 1. The molecule has 0 spiro atoms. The first-order valence-corrected chi connectivity index (χ1v) is 9.85. The van der Waals surface area contributed by atoms with Gasteiger partial charge in [0, 0.05) is 24.4 Å². The van der Waals surface area contributed by atoms with Crippen LogP contribution in [0.25, 0.3) is 0 Å². The van der Waals surface area contributed by atoms with Crippen LogP contribution in [0.4, 0.5) is 5.69 Å². The number of amides is 1. The maximum atomic E-state index is 12.4. The largest absolute Gasteiger partial charge is 0.381 e. The van der Waals surface area contributed by atoms with E-state index in [0.717, 1.165) is 12.8 Å². The summed E-state index contributed by atoms with van der Waals surface area (Å²) in [5.41, 5.74) is 5.86. The Morgan fingerprint density at radius 2 is 1.88 bits per heavy atom. The Bertz CT molecular complexity index is 713. The van der Waals surface area contributed by atoms with Crippen molar-refractivity contribution >= 4 is 34.0 Å². The van der Waals surface area contributed by atoms with Crippen LogP contribution in [-0.4, -0.2) is 39.1 Å². The molecule has 1 atom stereocenters. The molecule has 148 valence electrons. The highest BCUT2D eigenvalue weighted by Crippen LogP contribution is 2.21. The number of hydrogen-bond donors (Lipinski definition) is 3. The molecule has 1 amide bonds. The van der Waals surface area contributed by atoms with Gasteiger partial charge in [0.25, 0.3) is 0 Å². The minimum Gasteiger partial charge on any atom is -0.381 e. The smallest absolute Gasteiger partial charge is 0.241 e. The van der Waals surface area contributed by atoms with Crippen molar-refractivity contribution in [3.63, 3.8) is 0 Å². The van der Waals surface area contributed by atoms with Crippen LogP contribution in [0.15, 0.2) is 29.2 Å². The van der Waals surface area contributed by atoms with E-state index in [9.17, 15) is 13.2 Å². The van der Waals surface area contributed by atoms with Gasteiger partial charge in [0.05, 0.1) is 10.9 Å². The zero-order chi connectivity index (χ0) is 18.7. The average Bonchev–Trinajstić information content (AvgIpc) is 2.53. The summed E-state index contributed by atoms with van der Waals surface area (Å²) in [6, 6.07) is 5.51. The molecule has 2 rings (SSSR count). The number of carbonyl (C=O) groups excluding carboxylic acids is 1. The molecular formula is C17H28ClN3O4S. The van der Waals surface area contributed by atoms with Gasteiger partial charge in [-0.15, -0.1) is 12.4 Å². The molecule has 0 bridgehead atoms. The molecule has 1 unspecified atom stereocenters. The zero-order valence-corrected chi connectivity index (χ0v) is 17.0. The second-order valence-electron chi connectivity index (χ2n) is 7.35. The zero-order valence-electron chi connectivity index (χ0n) is 15.3. The molecule has 1 aliphatic heterocycles. The molecule has 1 heterocycles. The summed E-state index contributed by atoms with van der Waals surface area (Å²) in [4.78, 5) is 12.5. The van der Waals surface area contributed by atoms with Crippen LogP contribution in [0.2, 0.25) is 0 Å². The number of nitrogens with two attached hydrogens (primary N) is 1. The van der Waals surface area contributed by atoms with E-state index < -0.39 is 21.6 Å². The number of rotatable bonds is 5. The third-order valence-corrected chi connectivity index (χ3v) is 5.68. The monoisotopic (exact) mass is 405 g/mol. The first-order valence-electron chi connectivity index (χ1n) is 8.37. The van der Waals surface area contributed by atoms with Crippen molar-refractivity contribution in [1.29, 1.82) is 0 Å². The van der Waals surface area contributed by atoms with Crippen molar-refractivity contribution < 1.29 is 17.9 Å². The maximum absolute atomic E-state index is 12.4. The first kappa shape index (κ1) is 22.9. The molecule has 7 nitrogen and oxygen atoms in total. The van der Waals surface area contributed by atoms with Gasteiger partial charge in [0.1, 0.15) is 0 Å². The number of ether oxygens (including phenoxy) is 1. The highest BCUT2D eigenvalue weighted by atomic mass is 35.5. The summed E-state index contributed by atoms with van der Waals surface area (Å²) in [6.45, 7) is 6.52. The molecule has 0 saturated carbocycles. The molecular weight excluding hydrogens is 378 g/mol. The van der Waals surface area contributed by atoms with E-state index >= 15 is 0 Å². The lowest BCUT2D eigenvalue weighted by Crippen LogP contribution is -2.44. The average molecular weight is 406 g/mol. The summed E-state index contributed by atoms with van der Waals surface area (Å²) in [6.07, 6.45) is 1.50. The van der Waals surface area contributed by atoms with Crippen molar-refractivity contribution in [2.24, 2.45) is 11.7 Å². The standard InChI is InChI=1S/C17H27N3O4S.ClH/c1-17(2,3)20-25(22,23)14-6-4-5-13(11-14)19-16(21)15(18)12-7-9-24-10-8-12;/h4-6,11-12,15,20H,7-10,18H2,1-3H3,(H,19,21);1H. The topological polar surface area (TPSA) is 111 Å². The van der Waals surface area contributed by atoms with E-state index in [1.807, 2.05) is 0 Å². The van der Waals surface area contributed by atoms with Gasteiger partial charge in [-0.2, -0.15) is 0 Å². The normalized spacial score (nSPS) is 17.2. The number of benzene rings is 1. The van der Waals surface area contributed by atoms with Crippen LogP contribution in [-0.2, 0) is 19.6 Å². The van der Waals surface area contributed by atoms with E-state index in [1.54, 1.807) is 32.9 Å². The van der Waals surface area contributed by atoms with Crippen molar-refractivity contribution in [3.8, 4) is 0 Å². The fraction of sp³-hybridized carbons (Fsp3) is 0.588. The van der Waals surface area contributed by atoms with Gasteiger partial charge in [0.15, 0.2) is 0 Å². The Morgan fingerprint density at radius 1 is 1.27 bits per heavy atom. The minimum absolute atomic E-state index is 0. The van der Waals surface area contributed by atoms with Gasteiger partial charge >= 0.3 is 0 Å². The second-order valence-corrected chi connectivity index (χ2v) is 9.03. The van der Waals surface area contributed by atoms with Gasteiger partial charge in [-0.1, -0.05) is 6.07 Å². The van der Waals surface area contributed by atoms with Gasteiger partial charge in [-0.25, -0.2) is 13.1 Å². The quantitative estimate of drug-likeness (QED) is 0.692. The SMILES string of the molecule is CC(C)(C)NS(=O)(=O)c1cccc(NC(=O)C(N)C2CCOCC2)c1.Cl. The molecule has 1 aromatic carbocycles. The lowest BCUT2D eigenvalue weighted by Gasteiger charge is -2.26. The molecule has 0 radical (unpaired) electrons. The lowest BCUT2D eigenvalue weighted by atomic mass is 9.92. The molecule has 9 heteroatoms. The predicted octanol–water partition coefficient (Wildman–Crippen LogP) is 1.88. The number of hydrogen-bond acceptors (Lipinski definition) is 5. The molecule has 4 N–H and O–H groups in total. The minimum atomic E-state index is -3.67. The van der Waals surface area contributed by atoms with Crippen molar-refractivity contribution in [2.75, 3.05) is 18.5 Å². The third kappa shape index (κ3) is 6.51. The van der Waals surface area contributed by atoms with Crippen LogP contribution >= 0.6 is 12.4 Å². The maximum Gasteiger partial charge on any atom is 0.241 e. The number of anilines is 1. The fourth-order valence-electron chi connectivity index (χ4n) is 2.72. The number of sulfonamides is 1. The summed E-state index contributed by atoms with van der Waals surface area (Å²) in [5.74, 6) is -0.242. The predicted molar refractivity (Wildman–Crippen MR) is 104 cm³/mol. The van der Waals surface area contributed by atoms with Gasteiger partial charge < -0.3 is 15.8 Å². The highest BCUT2D eigenvalue weighted by molar-refractivity contribution is 7.89. The number of halogens is 1. The first-order chi connectivity index (χ1) is 11.6. The Balaban J connectivity index is 0.00000338. The Hall–Kier alpha value is -1.19. The summed E-state index contributed by atoms with van der Waals surface area (Å²) >= 11 is 0. The lowest BCUT2D eigenvalue weighted by molar-refractivity contribution is -0.119. The van der Waals surface area contributed by atoms with Gasteiger partial charge in [0.2, 0.25) is 15.9 Å². The summed E-state index contributed by atoms with van der Waals surface area (Å²) in [7, 11) is -3.67. The van der Waals surface area contributed by atoms with Crippen LogP contribution in [0.3, 0.4) is 0 Å². The van der Waals surface area contributed by atoms with Crippen LogP contribution in [0.5, 0.6) is 0 Å². The van der Waals surface area contributed by atoms with Gasteiger partial charge in [-0.05, 0) is 57.7 Å². The van der Waals surface area contributed by atoms with Crippen LogP contribution in [0.1, 0.15) is 33.6 Å². The third-order valence-electron chi connectivity index (χ3n) is 3.93. The van der Waals surface area contributed by atoms with Gasteiger partial charge in [-0.3, -0.25) is 4.79 Å². The number of nitrogens with one attached hydrogen (secondary N) is 2. The second kappa shape index (κ2) is 9.14. The van der Waals surface area contributed by atoms with E-state index in [4.69, 9.17) is 10.5 Å². The van der Waals surface area contributed by atoms with Crippen molar-refractivity contribution in [3.05, 3.63) is 24.3 Å². The molecule has 1 saturated heterocycles. The molecule has 0 aliphatic carbocycles. The Morgan fingerprint density at radius 3 is 2.46 bits per heavy atom. The van der Waals surface area contributed by atoms with E-state index in [2.05, 4.69) is 10.0 Å². The van der Waals surface area contributed by atoms with Crippen molar-refractivity contribution in [1.82, 2.24) is 4.72 Å². The highest BCUT2D eigenvalue weighted by Gasteiger charge is 2.27. The van der Waals surface area contributed by atoms with Crippen LogP contribution in [0, 0.1) is 5.92 Å². The van der Waals surface area contributed by atoms with Crippen molar-refractivity contribution in [2.45, 2.75) is 50.1 Å². The van der Waals surface area contributed by atoms with Crippen LogP contribution < -0.4 is 15.8 Å². The molecule has 26 heavy (non-hydrogen) atoms. The fourth-order valence-corrected chi connectivity index (χ4v) is 4.18. The molecule has 1 fully saturated rings. The summed E-state index contributed by atoms with van der Waals surface area (Å²) < 4.78 is 32.7. The Labute approximate surface area is 161 Å². The molecule has 1 aromatic rings.